The monoisotopic (exact) mass is 327 g/mol. The molecule has 0 unspecified atom stereocenters. The minimum atomic E-state index is -3.22. The Balaban J connectivity index is 0.00000361. The molecule has 1 aliphatic rings. The zero-order chi connectivity index (χ0) is 14.5. The van der Waals surface area contributed by atoms with E-state index in [4.69, 9.17) is 5.73 Å². The number of likely N-dealkylation sites (tertiary alicyclic amines) is 1. The summed E-state index contributed by atoms with van der Waals surface area (Å²) >= 11 is 0. The first-order valence-electron chi connectivity index (χ1n) is 6.87. The molecule has 0 spiro atoms. The van der Waals surface area contributed by atoms with Crippen molar-refractivity contribution in [1.82, 2.24) is 9.62 Å². The van der Waals surface area contributed by atoms with Crippen molar-refractivity contribution in [2.24, 2.45) is 5.73 Å². The Hall–Kier alpha value is -0.370. The second-order valence-corrected chi connectivity index (χ2v) is 7.59. The number of hydrogen-bond acceptors (Lipinski definition) is 4. The maximum atomic E-state index is 11.9. The first-order valence-corrected chi connectivity index (χ1v) is 8.42. The number of nitrogens with one attached hydrogen (secondary N) is 1. The molecular weight excluding hydrogens is 302 g/mol. The van der Waals surface area contributed by atoms with E-state index >= 15 is 0 Å². The average Bonchev–Trinajstić information content (AvgIpc) is 2.86. The van der Waals surface area contributed by atoms with Crippen LogP contribution in [0.5, 0.6) is 0 Å². The molecule has 120 valence electrons. The molecule has 0 radical (unpaired) electrons. The summed E-state index contributed by atoms with van der Waals surface area (Å²) in [5.41, 5.74) is 5.84. The molecule has 0 aliphatic carbocycles. The van der Waals surface area contributed by atoms with Crippen molar-refractivity contribution in [3.8, 4) is 0 Å². The van der Waals surface area contributed by atoms with E-state index in [1.54, 1.807) is 18.7 Å². The summed E-state index contributed by atoms with van der Waals surface area (Å²) in [6, 6.07) is -0.512. The summed E-state index contributed by atoms with van der Waals surface area (Å²) in [5.74, 6) is -0.00998. The normalized spacial score (nSPS) is 17.1. The van der Waals surface area contributed by atoms with Crippen molar-refractivity contribution in [2.45, 2.75) is 50.8 Å². The molecular formula is C12H26ClN3O3S. The fourth-order valence-electron chi connectivity index (χ4n) is 2.00. The van der Waals surface area contributed by atoms with E-state index in [1.165, 1.54) is 0 Å². The lowest BCUT2D eigenvalue weighted by Crippen LogP contribution is -2.42. The number of carbonyl (C=O) groups is 1. The van der Waals surface area contributed by atoms with Crippen LogP contribution in [0.1, 0.15) is 39.5 Å². The highest BCUT2D eigenvalue weighted by molar-refractivity contribution is 7.90. The van der Waals surface area contributed by atoms with Gasteiger partial charge in [-0.15, -0.1) is 12.4 Å². The number of hydrogen-bond donors (Lipinski definition) is 2. The van der Waals surface area contributed by atoms with Gasteiger partial charge in [-0.2, -0.15) is 0 Å². The van der Waals surface area contributed by atoms with E-state index in [0.29, 0.717) is 19.4 Å². The second kappa shape index (κ2) is 8.81. The summed E-state index contributed by atoms with van der Waals surface area (Å²) in [6.45, 7) is 5.19. The van der Waals surface area contributed by atoms with Gasteiger partial charge in [-0.05, 0) is 39.5 Å². The summed E-state index contributed by atoms with van der Waals surface area (Å²) in [5, 5.41) is -0.438. The number of amides is 1. The van der Waals surface area contributed by atoms with Gasteiger partial charge in [0.15, 0.2) is 0 Å². The Bertz CT molecular complexity index is 395. The Morgan fingerprint density at radius 2 is 1.85 bits per heavy atom. The van der Waals surface area contributed by atoms with Gasteiger partial charge in [0.25, 0.3) is 0 Å². The number of nitrogens with zero attached hydrogens (tertiary/aromatic N) is 1. The van der Waals surface area contributed by atoms with Crippen molar-refractivity contribution in [3.63, 3.8) is 0 Å². The maximum absolute atomic E-state index is 11.9. The molecule has 0 aromatic carbocycles. The largest absolute Gasteiger partial charge is 0.341 e. The number of sulfonamides is 1. The summed E-state index contributed by atoms with van der Waals surface area (Å²) in [4.78, 5) is 13.7. The summed E-state index contributed by atoms with van der Waals surface area (Å²) in [7, 11) is -3.22. The van der Waals surface area contributed by atoms with Crippen LogP contribution in [0.15, 0.2) is 0 Å². The Kier molecular flexibility index (Phi) is 8.65. The smallest absolute Gasteiger partial charge is 0.239 e. The van der Waals surface area contributed by atoms with E-state index in [0.717, 1.165) is 25.9 Å². The lowest BCUT2D eigenvalue weighted by Gasteiger charge is -2.20. The van der Waals surface area contributed by atoms with Crippen LogP contribution in [0.4, 0.5) is 0 Å². The lowest BCUT2D eigenvalue weighted by molar-refractivity contribution is -0.131. The predicted molar refractivity (Wildman–Crippen MR) is 82.3 cm³/mol. The Labute approximate surface area is 127 Å². The molecule has 1 saturated heterocycles. The number of nitrogens with two attached hydrogens (primary N) is 1. The van der Waals surface area contributed by atoms with Crippen molar-refractivity contribution in [1.29, 1.82) is 0 Å². The minimum Gasteiger partial charge on any atom is -0.341 e. The van der Waals surface area contributed by atoms with E-state index in [-0.39, 0.29) is 18.3 Å². The van der Waals surface area contributed by atoms with Crippen molar-refractivity contribution >= 4 is 28.3 Å². The first kappa shape index (κ1) is 19.6. The Morgan fingerprint density at radius 3 is 2.35 bits per heavy atom. The fourth-order valence-corrected chi connectivity index (χ4v) is 2.76. The van der Waals surface area contributed by atoms with Crippen molar-refractivity contribution in [3.05, 3.63) is 0 Å². The van der Waals surface area contributed by atoms with Gasteiger partial charge >= 0.3 is 0 Å². The zero-order valence-electron chi connectivity index (χ0n) is 12.2. The summed E-state index contributed by atoms with van der Waals surface area (Å²) < 4.78 is 25.5. The molecule has 1 aliphatic heterocycles. The minimum absolute atomic E-state index is 0. The molecule has 0 saturated carbocycles. The lowest BCUT2D eigenvalue weighted by atomic mass is 10.1. The van der Waals surface area contributed by atoms with Gasteiger partial charge in [0.2, 0.25) is 15.9 Å². The molecule has 1 rings (SSSR count). The van der Waals surface area contributed by atoms with Gasteiger partial charge < -0.3 is 10.6 Å². The maximum Gasteiger partial charge on any atom is 0.239 e. The van der Waals surface area contributed by atoms with Crippen molar-refractivity contribution in [2.75, 3.05) is 19.6 Å². The quantitative estimate of drug-likeness (QED) is 0.665. The van der Waals surface area contributed by atoms with Crippen LogP contribution >= 0.6 is 12.4 Å². The first-order chi connectivity index (χ1) is 8.84. The van der Waals surface area contributed by atoms with Gasteiger partial charge in [0.1, 0.15) is 0 Å². The molecule has 0 aromatic heterocycles. The van der Waals surface area contributed by atoms with Gasteiger partial charge in [-0.25, -0.2) is 13.1 Å². The number of halogens is 1. The topological polar surface area (TPSA) is 92.5 Å². The molecule has 1 amide bonds. The molecule has 8 heteroatoms. The fraction of sp³-hybridized carbons (Fsp3) is 0.917. The molecule has 1 heterocycles. The molecule has 6 nitrogen and oxygen atoms in total. The Morgan fingerprint density at radius 1 is 1.30 bits per heavy atom. The highest BCUT2D eigenvalue weighted by Gasteiger charge is 2.23. The summed E-state index contributed by atoms with van der Waals surface area (Å²) in [6.07, 6.45) is 3.18. The van der Waals surface area contributed by atoms with Crippen LogP contribution in [0.2, 0.25) is 0 Å². The third-order valence-electron chi connectivity index (χ3n) is 3.35. The number of rotatable bonds is 7. The van der Waals surface area contributed by atoms with Crippen LogP contribution in [0.25, 0.3) is 0 Å². The van der Waals surface area contributed by atoms with Gasteiger partial charge in [0.05, 0.1) is 11.3 Å². The SMILES string of the molecule is CC(C)S(=O)(=O)NCCC[C@H](N)C(=O)N1CCCC1.Cl. The highest BCUT2D eigenvalue weighted by atomic mass is 35.5. The molecule has 20 heavy (non-hydrogen) atoms. The van der Waals surface area contributed by atoms with E-state index < -0.39 is 21.3 Å². The van der Waals surface area contributed by atoms with Crippen LogP contribution in [0, 0.1) is 0 Å². The predicted octanol–water partition coefficient (Wildman–Crippen LogP) is 0.466. The molecule has 0 aromatic rings. The third-order valence-corrected chi connectivity index (χ3v) is 5.20. The standard InChI is InChI=1S/C12H25N3O3S.ClH/c1-10(2)19(17,18)14-7-5-6-11(13)12(16)15-8-3-4-9-15;/h10-11,14H,3-9,13H2,1-2H3;1H/t11-;/m0./s1. The number of carbonyl (C=O) groups excluding carboxylic acids is 1. The van der Waals surface area contributed by atoms with Crippen molar-refractivity contribution < 1.29 is 13.2 Å². The van der Waals surface area contributed by atoms with E-state index in [9.17, 15) is 13.2 Å². The van der Waals surface area contributed by atoms with Gasteiger partial charge in [-0.3, -0.25) is 4.79 Å². The zero-order valence-corrected chi connectivity index (χ0v) is 13.8. The molecule has 0 bridgehead atoms. The molecule has 3 N–H and O–H groups in total. The average molecular weight is 328 g/mol. The van der Waals surface area contributed by atoms with Crippen LogP contribution in [0.3, 0.4) is 0 Å². The van der Waals surface area contributed by atoms with E-state index in [1.807, 2.05) is 0 Å². The second-order valence-electron chi connectivity index (χ2n) is 5.27. The third kappa shape index (κ3) is 5.95. The van der Waals surface area contributed by atoms with Crippen LogP contribution in [-0.2, 0) is 14.8 Å². The van der Waals surface area contributed by atoms with Crippen LogP contribution < -0.4 is 10.5 Å². The highest BCUT2D eigenvalue weighted by Crippen LogP contribution is 2.10. The van der Waals surface area contributed by atoms with E-state index in [2.05, 4.69) is 4.72 Å². The van der Waals surface area contributed by atoms with Gasteiger partial charge in [-0.1, -0.05) is 0 Å². The van der Waals surface area contributed by atoms with Gasteiger partial charge in [0, 0.05) is 19.6 Å². The molecule has 1 fully saturated rings. The van der Waals surface area contributed by atoms with Crippen LogP contribution in [-0.4, -0.2) is 50.2 Å². The molecule has 1 atom stereocenters.